The van der Waals surface area contributed by atoms with Crippen molar-refractivity contribution in [3.05, 3.63) is 4.91 Å². The van der Waals surface area contributed by atoms with Crippen LogP contribution in [0.5, 0.6) is 0 Å². The van der Waals surface area contributed by atoms with Gasteiger partial charge in [0.15, 0.2) is 0 Å². The average molecular weight is 284 g/mol. The fraction of sp³-hybridized carbons (Fsp3) is 0.846. The predicted octanol–water partition coefficient (Wildman–Crippen LogP) is 4.20. The molecule has 5 nitrogen and oxygen atoms in total. The van der Waals surface area contributed by atoms with Gasteiger partial charge in [-0.05, 0) is 13.3 Å². The molecule has 6 heteroatoms. The first-order chi connectivity index (χ1) is 9.27. The molecule has 108 valence electrons. The molecular weight excluding hydrogens is 260 g/mol. The highest BCUT2D eigenvalue weighted by molar-refractivity contribution is 8.14. The molecule has 0 aromatic heterocycles. The van der Waals surface area contributed by atoms with Crippen molar-refractivity contribution in [3.8, 4) is 0 Å². The number of hydrogen-bond donors (Lipinski definition) is 0. The Bertz CT molecular complexity index is 331. The van der Waals surface area contributed by atoms with Crippen LogP contribution in [0, 0.1) is 4.91 Å². The first-order valence-corrected chi connectivity index (χ1v) is 8.11. The highest BCUT2D eigenvalue weighted by Gasteiger charge is 2.17. The number of hydrogen-bond acceptors (Lipinski definition) is 4. The van der Waals surface area contributed by atoms with Gasteiger partial charge in [-0.2, -0.15) is 5.10 Å². The molecule has 19 heavy (non-hydrogen) atoms. The van der Waals surface area contributed by atoms with E-state index in [-0.39, 0.29) is 0 Å². The minimum Gasteiger partial charge on any atom is -0.241 e. The molecule has 0 saturated carbocycles. The van der Waals surface area contributed by atoms with E-state index < -0.39 is 0 Å². The molecule has 0 spiro atoms. The molecule has 0 amide bonds. The first-order valence-electron chi connectivity index (χ1n) is 7.12. The van der Waals surface area contributed by atoms with Gasteiger partial charge in [0.1, 0.15) is 0 Å². The van der Waals surface area contributed by atoms with Gasteiger partial charge >= 0.3 is 0 Å². The molecule has 0 atom stereocenters. The Morgan fingerprint density at radius 2 is 1.89 bits per heavy atom. The van der Waals surface area contributed by atoms with E-state index in [4.69, 9.17) is 0 Å². The molecule has 0 bridgehead atoms. The fourth-order valence-electron chi connectivity index (χ4n) is 2.00. The lowest BCUT2D eigenvalue weighted by Crippen LogP contribution is -2.30. The van der Waals surface area contributed by atoms with Crippen LogP contribution in [0.1, 0.15) is 58.8 Å². The van der Waals surface area contributed by atoms with Crippen LogP contribution in [0.15, 0.2) is 15.5 Å². The minimum atomic E-state index is 0.631. The minimum absolute atomic E-state index is 0.631. The zero-order chi connectivity index (χ0) is 13.9. The summed E-state index contributed by atoms with van der Waals surface area (Å²) in [6, 6.07) is 0. The molecule has 1 heterocycles. The second kappa shape index (κ2) is 9.95. The van der Waals surface area contributed by atoms with Gasteiger partial charge in [0.05, 0.1) is 5.29 Å². The number of thioether (sulfide) groups is 1. The van der Waals surface area contributed by atoms with Gasteiger partial charge in [0.25, 0.3) is 0 Å². The number of hydrazone groups is 1. The molecule has 0 unspecified atom stereocenters. The summed E-state index contributed by atoms with van der Waals surface area (Å²) in [5.41, 5.74) is 1.07. The van der Waals surface area contributed by atoms with Crippen LogP contribution in [0.2, 0.25) is 0 Å². The molecule has 0 aromatic rings. The van der Waals surface area contributed by atoms with Gasteiger partial charge in [-0.15, -0.1) is 4.91 Å². The molecule has 0 fully saturated rings. The topological polar surface area (TPSA) is 57.4 Å². The number of unbranched alkanes of at least 4 members (excludes halogenated alkanes) is 6. The average Bonchev–Trinajstić information content (AvgIpc) is 2.41. The van der Waals surface area contributed by atoms with Crippen LogP contribution in [0.4, 0.5) is 0 Å². The second-order valence-corrected chi connectivity index (χ2v) is 5.78. The summed E-state index contributed by atoms with van der Waals surface area (Å²) >= 11 is 1.53. The van der Waals surface area contributed by atoms with E-state index in [9.17, 15) is 4.91 Å². The van der Waals surface area contributed by atoms with Crippen LogP contribution < -0.4 is 0 Å². The highest BCUT2D eigenvalue weighted by atomic mass is 32.2. The standard InChI is InChI=1S/C13H24N4OS/c1-3-4-5-6-7-8-9-10-17-13(14-16-18)19-11-12(2)15-17/h3-11H2,1-2H3/b14-13+. The molecule has 1 aliphatic rings. The van der Waals surface area contributed by atoms with E-state index in [1.807, 2.05) is 11.9 Å². The largest absolute Gasteiger partial charge is 0.241 e. The van der Waals surface area contributed by atoms with Crippen molar-refractivity contribution in [1.29, 1.82) is 0 Å². The molecule has 1 aliphatic heterocycles. The summed E-state index contributed by atoms with van der Waals surface area (Å²) in [6.45, 7) is 5.05. The van der Waals surface area contributed by atoms with Crippen molar-refractivity contribution in [2.45, 2.75) is 58.8 Å². The Kier molecular flexibility index (Phi) is 8.45. The lowest BCUT2D eigenvalue weighted by molar-refractivity contribution is 0.424. The van der Waals surface area contributed by atoms with Crippen molar-refractivity contribution < 1.29 is 0 Å². The van der Waals surface area contributed by atoms with Gasteiger partial charge in [-0.25, -0.2) is 5.01 Å². The molecule has 0 saturated heterocycles. The van der Waals surface area contributed by atoms with E-state index in [0.717, 1.165) is 24.4 Å². The molecule has 0 aromatic carbocycles. The molecule has 0 aliphatic carbocycles. The zero-order valence-electron chi connectivity index (χ0n) is 12.0. The van der Waals surface area contributed by atoms with E-state index in [1.54, 1.807) is 0 Å². The van der Waals surface area contributed by atoms with E-state index >= 15 is 0 Å². The van der Waals surface area contributed by atoms with Crippen LogP contribution in [-0.2, 0) is 0 Å². The summed E-state index contributed by atoms with van der Waals surface area (Å²) in [6.07, 6.45) is 8.87. The smallest absolute Gasteiger partial charge is 0.209 e. The van der Waals surface area contributed by atoms with Gasteiger partial charge < -0.3 is 0 Å². The van der Waals surface area contributed by atoms with Crippen molar-refractivity contribution in [3.63, 3.8) is 0 Å². The monoisotopic (exact) mass is 284 g/mol. The van der Waals surface area contributed by atoms with Crippen molar-refractivity contribution in [1.82, 2.24) is 5.01 Å². The van der Waals surface area contributed by atoms with Crippen LogP contribution >= 0.6 is 11.8 Å². The maximum atomic E-state index is 10.3. The highest BCUT2D eigenvalue weighted by Crippen LogP contribution is 2.18. The SMILES string of the molecule is CCCCCCCCCN1N=C(C)CS/C1=N/N=O. The summed E-state index contributed by atoms with van der Waals surface area (Å²) in [7, 11) is 0. The van der Waals surface area contributed by atoms with Gasteiger partial charge in [0.2, 0.25) is 5.17 Å². The third-order valence-corrected chi connectivity index (χ3v) is 4.13. The van der Waals surface area contributed by atoms with Crippen LogP contribution in [0.3, 0.4) is 0 Å². The molecule has 1 rings (SSSR count). The van der Waals surface area contributed by atoms with Gasteiger partial charge in [-0.1, -0.05) is 62.3 Å². The first kappa shape index (κ1) is 16.1. The summed E-state index contributed by atoms with van der Waals surface area (Å²) in [4.78, 5) is 10.3. The van der Waals surface area contributed by atoms with Crippen molar-refractivity contribution >= 4 is 22.6 Å². The van der Waals surface area contributed by atoms with Gasteiger partial charge in [0, 0.05) is 18.0 Å². The Morgan fingerprint density at radius 1 is 1.21 bits per heavy atom. The molecule has 0 N–H and O–H groups in total. The number of rotatable bonds is 9. The zero-order valence-corrected chi connectivity index (χ0v) is 12.8. The normalized spacial score (nSPS) is 17.7. The number of amidine groups is 1. The Morgan fingerprint density at radius 3 is 2.58 bits per heavy atom. The predicted molar refractivity (Wildman–Crippen MR) is 83.5 cm³/mol. The summed E-state index contributed by atoms with van der Waals surface area (Å²) < 4.78 is 0. The molecular formula is C13H24N4OS. The van der Waals surface area contributed by atoms with E-state index in [1.165, 1.54) is 50.3 Å². The number of nitroso groups, excluding NO2 is 1. The van der Waals surface area contributed by atoms with E-state index in [0.29, 0.717) is 5.17 Å². The van der Waals surface area contributed by atoms with Gasteiger partial charge in [-0.3, -0.25) is 0 Å². The lowest BCUT2D eigenvalue weighted by atomic mass is 10.1. The second-order valence-electron chi connectivity index (χ2n) is 4.83. The van der Waals surface area contributed by atoms with Crippen LogP contribution in [-0.4, -0.2) is 28.2 Å². The number of nitrogens with zero attached hydrogens (tertiary/aromatic N) is 4. The third-order valence-electron chi connectivity index (χ3n) is 3.02. The Balaban J connectivity index is 2.23. The van der Waals surface area contributed by atoms with E-state index in [2.05, 4.69) is 22.4 Å². The maximum absolute atomic E-state index is 10.3. The quantitative estimate of drug-likeness (QED) is 0.362. The van der Waals surface area contributed by atoms with Crippen molar-refractivity contribution in [2.24, 2.45) is 15.5 Å². The fourth-order valence-corrected chi connectivity index (χ4v) is 2.77. The van der Waals surface area contributed by atoms with Crippen molar-refractivity contribution in [2.75, 3.05) is 12.3 Å². The Hall–Kier alpha value is -0.910. The molecule has 0 radical (unpaired) electrons. The van der Waals surface area contributed by atoms with Crippen LogP contribution in [0.25, 0.3) is 0 Å². The lowest BCUT2D eigenvalue weighted by Gasteiger charge is -2.24. The maximum Gasteiger partial charge on any atom is 0.209 e. The summed E-state index contributed by atoms with van der Waals surface area (Å²) in [5.74, 6) is 0.794. The third kappa shape index (κ3) is 6.71. The summed E-state index contributed by atoms with van der Waals surface area (Å²) in [5, 5.41) is 13.1. The Labute approximate surface area is 119 Å².